The summed E-state index contributed by atoms with van der Waals surface area (Å²) in [6.45, 7) is 0. The molecule has 2 amide bonds. The number of nitrogens with two attached hydrogens (primary N) is 1. The van der Waals surface area contributed by atoms with E-state index in [4.69, 9.17) is 5.73 Å². The minimum absolute atomic E-state index is 0.276. The molecule has 2 aromatic heterocycles. The van der Waals surface area contributed by atoms with Gasteiger partial charge in [0, 0.05) is 10.4 Å². The summed E-state index contributed by atoms with van der Waals surface area (Å²) in [5.41, 5.74) is 8.90. The van der Waals surface area contributed by atoms with Crippen LogP contribution in [-0.4, -0.2) is 20.6 Å². The normalized spacial score (nSPS) is 13.2. The molecule has 0 atom stereocenters. The first-order valence-electron chi connectivity index (χ1n) is 7.11. The van der Waals surface area contributed by atoms with Gasteiger partial charge >= 0.3 is 0 Å². The van der Waals surface area contributed by atoms with Crippen LogP contribution in [0.5, 0.6) is 0 Å². The minimum Gasteiger partial charge on any atom is -0.365 e. The van der Waals surface area contributed by atoms with Gasteiger partial charge in [0.05, 0.1) is 17.3 Å². The van der Waals surface area contributed by atoms with Crippen LogP contribution in [0.15, 0.2) is 18.2 Å². The highest BCUT2D eigenvalue weighted by Crippen LogP contribution is 2.39. The number of hydrogen-bond donors (Lipinski definition) is 2. The number of benzene rings is 1. The van der Waals surface area contributed by atoms with E-state index in [0.717, 1.165) is 46.9 Å². The number of thiophene rings is 1. The lowest BCUT2D eigenvalue weighted by Crippen LogP contribution is -2.17. The maximum Gasteiger partial charge on any atom is 0.256 e. The SMILES string of the molecule is NC(=O)c1c(NC(=O)c2ccc3nsnc3c2)sc2c1CCC2. The molecule has 1 aliphatic rings. The number of nitrogens with zero attached hydrogens (tertiary/aromatic N) is 2. The number of nitrogens with one attached hydrogen (secondary N) is 1. The molecule has 3 aromatic rings. The average Bonchev–Trinajstić information content (AvgIpc) is 3.20. The van der Waals surface area contributed by atoms with E-state index in [1.165, 1.54) is 11.3 Å². The maximum atomic E-state index is 12.5. The Kier molecular flexibility index (Phi) is 3.35. The van der Waals surface area contributed by atoms with Gasteiger partial charge in [-0.15, -0.1) is 11.3 Å². The van der Waals surface area contributed by atoms with Gasteiger partial charge < -0.3 is 11.1 Å². The summed E-state index contributed by atoms with van der Waals surface area (Å²) in [4.78, 5) is 25.4. The molecule has 0 fully saturated rings. The van der Waals surface area contributed by atoms with Crippen LogP contribution < -0.4 is 11.1 Å². The van der Waals surface area contributed by atoms with Crippen LogP contribution >= 0.6 is 23.1 Å². The van der Waals surface area contributed by atoms with Crippen molar-refractivity contribution in [3.8, 4) is 0 Å². The standard InChI is InChI=1S/C15H12N4O2S2/c16-13(20)12-8-2-1-3-11(8)22-15(12)17-14(21)7-4-5-9-10(6-7)19-23-18-9/h4-6H,1-3H2,(H2,16,20)(H,17,21). The fourth-order valence-electron chi connectivity index (χ4n) is 2.85. The second-order valence-corrected chi connectivity index (χ2v) is 6.98. The molecule has 0 spiro atoms. The van der Waals surface area contributed by atoms with E-state index in [2.05, 4.69) is 14.1 Å². The van der Waals surface area contributed by atoms with Crippen molar-refractivity contribution in [1.82, 2.24) is 8.75 Å². The average molecular weight is 344 g/mol. The van der Waals surface area contributed by atoms with Crippen LogP contribution in [0.4, 0.5) is 5.00 Å². The lowest BCUT2D eigenvalue weighted by molar-refractivity contribution is 0.100. The second-order valence-electron chi connectivity index (χ2n) is 5.35. The second kappa shape index (κ2) is 5.39. The Balaban J connectivity index is 1.67. The molecular formula is C15H12N4O2S2. The van der Waals surface area contributed by atoms with Crippen LogP contribution in [-0.2, 0) is 12.8 Å². The minimum atomic E-state index is -0.487. The van der Waals surface area contributed by atoms with E-state index in [1.807, 2.05) is 0 Å². The molecule has 23 heavy (non-hydrogen) atoms. The van der Waals surface area contributed by atoms with Gasteiger partial charge in [-0.2, -0.15) is 8.75 Å². The van der Waals surface area contributed by atoms with Gasteiger partial charge in [-0.25, -0.2) is 0 Å². The highest BCUT2D eigenvalue weighted by molar-refractivity contribution is 7.17. The van der Waals surface area contributed by atoms with Crippen LogP contribution in [0.2, 0.25) is 0 Å². The molecule has 116 valence electrons. The third-order valence-corrected chi connectivity index (χ3v) is 5.67. The zero-order valence-corrected chi connectivity index (χ0v) is 13.6. The number of rotatable bonds is 3. The van der Waals surface area contributed by atoms with Crippen molar-refractivity contribution in [2.45, 2.75) is 19.3 Å². The summed E-state index contributed by atoms with van der Waals surface area (Å²) < 4.78 is 8.25. The third kappa shape index (κ3) is 2.40. The van der Waals surface area contributed by atoms with Gasteiger partial charge in [0.25, 0.3) is 11.8 Å². The molecule has 0 saturated heterocycles. The zero-order valence-electron chi connectivity index (χ0n) is 12.0. The fraction of sp³-hybridized carbons (Fsp3) is 0.200. The van der Waals surface area contributed by atoms with E-state index in [-0.39, 0.29) is 5.91 Å². The molecule has 2 heterocycles. The quantitative estimate of drug-likeness (QED) is 0.763. The van der Waals surface area contributed by atoms with Crippen LogP contribution in [0.3, 0.4) is 0 Å². The highest BCUT2D eigenvalue weighted by Gasteiger charge is 2.26. The summed E-state index contributed by atoms with van der Waals surface area (Å²) in [6, 6.07) is 5.15. The van der Waals surface area contributed by atoms with Crippen molar-refractivity contribution in [2.24, 2.45) is 5.73 Å². The first kappa shape index (κ1) is 14.3. The molecule has 0 radical (unpaired) electrons. The summed E-state index contributed by atoms with van der Waals surface area (Å²) in [5, 5.41) is 3.37. The van der Waals surface area contributed by atoms with Gasteiger partial charge in [0.1, 0.15) is 16.0 Å². The lowest BCUT2D eigenvalue weighted by Gasteiger charge is -2.06. The number of carbonyl (C=O) groups excluding carboxylic acids is 2. The van der Waals surface area contributed by atoms with Crippen molar-refractivity contribution in [3.05, 3.63) is 39.8 Å². The van der Waals surface area contributed by atoms with E-state index < -0.39 is 5.91 Å². The van der Waals surface area contributed by atoms with Gasteiger partial charge in [-0.3, -0.25) is 9.59 Å². The van der Waals surface area contributed by atoms with Crippen molar-refractivity contribution in [2.75, 3.05) is 5.32 Å². The van der Waals surface area contributed by atoms with Crippen molar-refractivity contribution in [1.29, 1.82) is 0 Å². The number of aromatic nitrogens is 2. The summed E-state index contributed by atoms with van der Waals surface area (Å²) in [7, 11) is 0. The van der Waals surface area contributed by atoms with E-state index in [9.17, 15) is 9.59 Å². The molecule has 4 rings (SSSR count). The predicted octanol–water partition coefficient (Wildman–Crippen LogP) is 2.59. The highest BCUT2D eigenvalue weighted by atomic mass is 32.1. The van der Waals surface area contributed by atoms with E-state index in [0.29, 0.717) is 21.6 Å². The third-order valence-electron chi connectivity index (χ3n) is 3.91. The molecular weight excluding hydrogens is 332 g/mol. The number of fused-ring (bicyclic) bond motifs is 2. The first-order valence-corrected chi connectivity index (χ1v) is 8.66. The van der Waals surface area contributed by atoms with Gasteiger partial charge in [-0.05, 0) is 43.0 Å². The number of amides is 2. The Labute approximate surface area is 139 Å². The Bertz CT molecular complexity index is 944. The number of carbonyl (C=O) groups is 2. The summed E-state index contributed by atoms with van der Waals surface area (Å²) in [6.07, 6.45) is 2.81. The Morgan fingerprint density at radius 2 is 2.00 bits per heavy atom. The monoisotopic (exact) mass is 344 g/mol. The molecule has 0 saturated carbocycles. The van der Waals surface area contributed by atoms with E-state index >= 15 is 0 Å². The molecule has 0 unspecified atom stereocenters. The zero-order chi connectivity index (χ0) is 16.0. The molecule has 1 aliphatic carbocycles. The maximum absolute atomic E-state index is 12.5. The lowest BCUT2D eigenvalue weighted by atomic mass is 10.1. The molecule has 1 aromatic carbocycles. The van der Waals surface area contributed by atoms with Crippen molar-refractivity contribution >= 4 is 50.9 Å². The smallest absolute Gasteiger partial charge is 0.256 e. The number of anilines is 1. The molecule has 0 bridgehead atoms. The largest absolute Gasteiger partial charge is 0.365 e. The molecule has 6 nitrogen and oxygen atoms in total. The van der Waals surface area contributed by atoms with Gasteiger partial charge in [0.15, 0.2) is 0 Å². The van der Waals surface area contributed by atoms with E-state index in [1.54, 1.807) is 18.2 Å². The summed E-state index contributed by atoms with van der Waals surface area (Å²) >= 11 is 2.56. The fourth-order valence-corrected chi connectivity index (χ4v) is 4.66. The number of hydrogen-bond acceptors (Lipinski definition) is 6. The van der Waals surface area contributed by atoms with Gasteiger partial charge in [-0.1, -0.05) is 0 Å². The predicted molar refractivity (Wildman–Crippen MR) is 90.2 cm³/mol. The van der Waals surface area contributed by atoms with Crippen molar-refractivity contribution in [3.63, 3.8) is 0 Å². The van der Waals surface area contributed by atoms with Crippen LogP contribution in [0.25, 0.3) is 11.0 Å². The Hall–Kier alpha value is -2.32. The van der Waals surface area contributed by atoms with Gasteiger partial charge in [0.2, 0.25) is 0 Å². The Morgan fingerprint density at radius 3 is 2.83 bits per heavy atom. The molecule has 0 aliphatic heterocycles. The summed E-state index contributed by atoms with van der Waals surface area (Å²) in [5.74, 6) is -0.763. The first-order chi connectivity index (χ1) is 11.1. The molecule has 8 heteroatoms. The number of primary amides is 1. The number of aryl methyl sites for hydroxylation is 1. The molecule has 3 N–H and O–H groups in total. The van der Waals surface area contributed by atoms with Crippen molar-refractivity contribution < 1.29 is 9.59 Å². The van der Waals surface area contributed by atoms with Crippen LogP contribution in [0.1, 0.15) is 37.6 Å². The van der Waals surface area contributed by atoms with Crippen LogP contribution in [0, 0.1) is 0 Å². The Morgan fingerprint density at radius 1 is 1.17 bits per heavy atom. The topological polar surface area (TPSA) is 98.0 Å².